The third-order valence-corrected chi connectivity index (χ3v) is 4.48. The average Bonchev–Trinajstić information content (AvgIpc) is 2.49. The van der Waals surface area contributed by atoms with Gasteiger partial charge in [-0.2, -0.15) is 11.8 Å². The SMILES string of the molecule is CCCNC(CSCCC(=O)OC)c1cc(C)ccc1C. The molecular weight excluding hydrogens is 282 g/mol. The fourth-order valence-electron chi connectivity index (χ4n) is 2.17. The van der Waals surface area contributed by atoms with Crippen LogP contribution in [0.25, 0.3) is 0 Å². The van der Waals surface area contributed by atoms with Gasteiger partial charge in [-0.25, -0.2) is 0 Å². The molecule has 0 fully saturated rings. The van der Waals surface area contributed by atoms with Gasteiger partial charge in [-0.3, -0.25) is 4.79 Å². The summed E-state index contributed by atoms with van der Waals surface area (Å²) in [6, 6.07) is 6.95. The van der Waals surface area contributed by atoms with Gasteiger partial charge in [0.1, 0.15) is 0 Å². The van der Waals surface area contributed by atoms with Crippen molar-refractivity contribution in [1.82, 2.24) is 5.32 Å². The molecular formula is C17H27NO2S. The largest absolute Gasteiger partial charge is 0.469 e. The molecule has 0 heterocycles. The van der Waals surface area contributed by atoms with Crippen LogP contribution < -0.4 is 5.32 Å². The first-order valence-corrected chi connectivity index (χ1v) is 8.69. The maximum atomic E-state index is 11.1. The van der Waals surface area contributed by atoms with Gasteiger partial charge in [0.2, 0.25) is 0 Å². The van der Waals surface area contributed by atoms with E-state index >= 15 is 0 Å². The van der Waals surface area contributed by atoms with Crippen LogP contribution in [-0.4, -0.2) is 31.1 Å². The Labute approximate surface area is 132 Å². The predicted octanol–water partition coefficient (Wildman–Crippen LogP) is 3.64. The Balaban J connectivity index is 2.62. The number of ether oxygens (including phenoxy) is 1. The molecule has 4 heteroatoms. The van der Waals surface area contributed by atoms with E-state index in [-0.39, 0.29) is 5.97 Å². The first-order valence-electron chi connectivity index (χ1n) is 7.53. The van der Waals surface area contributed by atoms with Crippen molar-refractivity contribution < 1.29 is 9.53 Å². The van der Waals surface area contributed by atoms with E-state index in [1.165, 1.54) is 23.8 Å². The van der Waals surface area contributed by atoms with Crippen LogP contribution in [-0.2, 0) is 9.53 Å². The quantitative estimate of drug-likeness (QED) is 0.558. The minimum atomic E-state index is -0.132. The Bertz CT molecular complexity index is 448. The van der Waals surface area contributed by atoms with Gasteiger partial charge in [-0.05, 0) is 37.9 Å². The number of hydrogen-bond acceptors (Lipinski definition) is 4. The van der Waals surface area contributed by atoms with Gasteiger partial charge in [-0.15, -0.1) is 0 Å². The van der Waals surface area contributed by atoms with Crippen molar-refractivity contribution >= 4 is 17.7 Å². The summed E-state index contributed by atoms with van der Waals surface area (Å²) in [5.41, 5.74) is 3.98. The minimum absolute atomic E-state index is 0.132. The number of benzene rings is 1. The van der Waals surface area contributed by atoms with Crippen LogP contribution in [0.15, 0.2) is 18.2 Å². The second-order valence-electron chi connectivity index (χ2n) is 5.27. The number of aryl methyl sites for hydroxylation is 2. The summed E-state index contributed by atoms with van der Waals surface area (Å²) >= 11 is 1.80. The van der Waals surface area contributed by atoms with Crippen molar-refractivity contribution in [1.29, 1.82) is 0 Å². The van der Waals surface area contributed by atoms with E-state index in [0.29, 0.717) is 12.5 Å². The van der Waals surface area contributed by atoms with E-state index in [0.717, 1.165) is 24.5 Å². The first kappa shape index (κ1) is 18.1. The smallest absolute Gasteiger partial charge is 0.306 e. The second-order valence-corrected chi connectivity index (χ2v) is 6.42. The van der Waals surface area contributed by atoms with Crippen molar-refractivity contribution in [2.45, 2.75) is 39.7 Å². The van der Waals surface area contributed by atoms with Crippen molar-refractivity contribution in [2.75, 3.05) is 25.2 Å². The Morgan fingerprint density at radius 3 is 2.81 bits per heavy atom. The number of methoxy groups -OCH3 is 1. The fourth-order valence-corrected chi connectivity index (χ4v) is 3.18. The maximum Gasteiger partial charge on any atom is 0.306 e. The predicted molar refractivity (Wildman–Crippen MR) is 90.9 cm³/mol. The highest BCUT2D eigenvalue weighted by molar-refractivity contribution is 7.99. The monoisotopic (exact) mass is 309 g/mol. The maximum absolute atomic E-state index is 11.1. The van der Waals surface area contributed by atoms with Crippen molar-refractivity contribution in [3.63, 3.8) is 0 Å². The number of esters is 1. The molecule has 21 heavy (non-hydrogen) atoms. The van der Waals surface area contributed by atoms with E-state index < -0.39 is 0 Å². The third kappa shape index (κ3) is 6.53. The number of carbonyl (C=O) groups is 1. The topological polar surface area (TPSA) is 38.3 Å². The van der Waals surface area contributed by atoms with Gasteiger partial charge in [0.25, 0.3) is 0 Å². The van der Waals surface area contributed by atoms with Crippen LogP contribution in [0, 0.1) is 13.8 Å². The van der Waals surface area contributed by atoms with Gasteiger partial charge in [0, 0.05) is 17.5 Å². The molecule has 1 N–H and O–H groups in total. The summed E-state index contributed by atoms with van der Waals surface area (Å²) in [6.07, 6.45) is 1.60. The van der Waals surface area contributed by atoms with E-state index in [9.17, 15) is 4.79 Å². The zero-order valence-electron chi connectivity index (χ0n) is 13.6. The number of hydrogen-bond donors (Lipinski definition) is 1. The first-order chi connectivity index (χ1) is 10.1. The summed E-state index contributed by atoms with van der Waals surface area (Å²) in [4.78, 5) is 11.1. The van der Waals surface area contributed by atoms with Crippen molar-refractivity contribution in [3.8, 4) is 0 Å². The molecule has 0 saturated heterocycles. The van der Waals surface area contributed by atoms with Crippen LogP contribution in [0.3, 0.4) is 0 Å². The standard InChI is InChI=1S/C17H27NO2S/c1-5-9-18-16(12-21-10-8-17(19)20-4)15-11-13(2)6-7-14(15)3/h6-7,11,16,18H,5,8-10,12H2,1-4H3. The molecule has 0 aliphatic carbocycles. The van der Waals surface area contributed by atoms with Crippen LogP contribution in [0.5, 0.6) is 0 Å². The molecule has 1 aromatic rings. The Kier molecular flexibility index (Phi) is 8.47. The number of nitrogens with one attached hydrogen (secondary N) is 1. The highest BCUT2D eigenvalue weighted by Gasteiger charge is 2.13. The number of thioether (sulfide) groups is 1. The van der Waals surface area contributed by atoms with E-state index in [1.807, 2.05) is 0 Å². The van der Waals surface area contributed by atoms with Crippen LogP contribution in [0.4, 0.5) is 0 Å². The third-order valence-electron chi connectivity index (χ3n) is 3.41. The molecule has 0 radical (unpaired) electrons. The van der Waals surface area contributed by atoms with Crippen LogP contribution in [0.1, 0.15) is 42.5 Å². The molecule has 0 aromatic heterocycles. The normalized spacial score (nSPS) is 12.2. The molecule has 3 nitrogen and oxygen atoms in total. The Morgan fingerprint density at radius 2 is 2.14 bits per heavy atom. The van der Waals surface area contributed by atoms with Crippen LogP contribution in [0.2, 0.25) is 0 Å². The molecule has 118 valence electrons. The Hall–Kier alpha value is -1.00. The van der Waals surface area contributed by atoms with Crippen LogP contribution >= 0.6 is 11.8 Å². The molecule has 0 amide bonds. The molecule has 0 bridgehead atoms. The molecule has 1 unspecified atom stereocenters. The lowest BCUT2D eigenvalue weighted by molar-refractivity contribution is -0.140. The van der Waals surface area contributed by atoms with E-state index in [4.69, 9.17) is 0 Å². The van der Waals surface area contributed by atoms with Gasteiger partial charge >= 0.3 is 5.97 Å². The van der Waals surface area contributed by atoms with Crippen molar-refractivity contribution in [3.05, 3.63) is 34.9 Å². The summed E-state index contributed by atoms with van der Waals surface area (Å²) in [6.45, 7) is 7.48. The summed E-state index contributed by atoms with van der Waals surface area (Å²) in [7, 11) is 1.44. The molecule has 0 aliphatic heterocycles. The summed E-state index contributed by atoms with van der Waals surface area (Å²) in [5, 5.41) is 3.62. The second kappa shape index (κ2) is 9.85. The average molecular weight is 309 g/mol. The highest BCUT2D eigenvalue weighted by atomic mass is 32.2. The van der Waals surface area contributed by atoms with Gasteiger partial charge in [0.05, 0.1) is 13.5 Å². The van der Waals surface area contributed by atoms with Gasteiger partial charge < -0.3 is 10.1 Å². The summed E-state index contributed by atoms with van der Waals surface area (Å²) in [5.74, 6) is 1.65. The molecule has 1 atom stereocenters. The van der Waals surface area contributed by atoms with Gasteiger partial charge in [0.15, 0.2) is 0 Å². The molecule has 0 saturated carbocycles. The minimum Gasteiger partial charge on any atom is -0.469 e. The zero-order valence-corrected chi connectivity index (χ0v) is 14.4. The zero-order chi connectivity index (χ0) is 15.7. The van der Waals surface area contributed by atoms with E-state index in [1.54, 1.807) is 11.8 Å². The lowest BCUT2D eigenvalue weighted by Gasteiger charge is -2.21. The molecule has 0 aliphatic rings. The van der Waals surface area contributed by atoms with Crippen molar-refractivity contribution in [2.24, 2.45) is 0 Å². The molecule has 1 rings (SSSR count). The van der Waals surface area contributed by atoms with Gasteiger partial charge in [-0.1, -0.05) is 30.7 Å². The Morgan fingerprint density at radius 1 is 1.38 bits per heavy atom. The van der Waals surface area contributed by atoms with E-state index in [2.05, 4.69) is 49.0 Å². The number of carbonyl (C=O) groups excluding carboxylic acids is 1. The number of rotatable bonds is 9. The summed E-state index contributed by atoms with van der Waals surface area (Å²) < 4.78 is 4.67. The molecule has 0 spiro atoms. The molecule has 1 aromatic carbocycles. The lowest BCUT2D eigenvalue weighted by atomic mass is 10.00. The lowest BCUT2D eigenvalue weighted by Crippen LogP contribution is -2.25. The fraction of sp³-hybridized carbons (Fsp3) is 0.588. The highest BCUT2D eigenvalue weighted by Crippen LogP contribution is 2.23.